The number of para-hydroxylation sites is 1. The molecule has 1 aromatic heterocycles. The summed E-state index contributed by atoms with van der Waals surface area (Å²) in [5, 5.41) is 4.45. The quantitative estimate of drug-likeness (QED) is 0.846. The molecule has 0 saturated heterocycles. The first kappa shape index (κ1) is 17.0. The highest BCUT2D eigenvalue weighted by atomic mass is 32.1. The van der Waals surface area contributed by atoms with Crippen LogP contribution in [0, 0.1) is 6.92 Å². The lowest BCUT2D eigenvalue weighted by Gasteiger charge is -2.18. The average Bonchev–Trinajstić information content (AvgIpc) is 3.08. The van der Waals surface area contributed by atoms with Gasteiger partial charge in [0.15, 0.2) is 0 Å². The zero-order valence-electron chi connectivity index (χ0n) is 13.2. The topological polar surface area (TPSA) is 58.6 Å². The fourth-order valence-corrected chi connectivity index (χ4v) is 2.56. The number of carbonyl (C=O) groups is 2. The molecule has 1 aromatic carbocycles. The lowest BCUT2D eigenvalue weighted by atomic mass is 10.2. The van der Waals surface area contributed by atoms with E-state index in [0.29, 0.717) is 18.0 Å². The van der Waals surface area contributed by atoms with Crippen molar-refractivity contribution >= 4 is 23.2 Å². The minimum absolute atomic E-state index is 0.0163. The third-order valence-corrected chi connectivity index (χ3v) is 4.22. The van der Waals surface area contributed by atoms with E-state index in [2.05, 4.69) is 5.32 Å². The van der Waals surface area contributed by atoms with Gasteiger partial charge in [-0.1, -0.05) is 24.3 Å². The second-order valence-corrected chi connectivity index (χ2v) is 6.04. The lowest BCUT2D eigenvalue weighted by molar-refractivity contribution is -0.129. The molecule has 0 spiro atoms. The highest BCUT2D eigenvalue weighted by molar-refractivity contribution is 7.12. The molecule has 23 heavy (non-hydrogen) atoms. The zero-order chi connectivity index (χ0) is 16.7. The summed E-state index contributed by atoms with van der Waals surface area (Å²) in [7, 11) is 1.70. The first-order chi connectivity index (χ1) is 11.1. The van der Waals surface area contributed by atoms with Gasteiger partial charge in [0.1, 0.15) is 12.4 Å². The Balaban J connectivity index is 1.70. The van der Waals surface area contributed by atoms with Crippen molar-refractivity contribution in [3.63, 3.8) is 0 Å². The number of aryl methyl sites for hydroxylation is 1. The van der Waals surface area contributed by atoms with Gasteiger partial charge in [0.2, 0.25) is 5.91 Å². The minimum atomic E-state index is -0.224. The van der Waals surface area contributed by atoms with Gasteiger partial charge in [0.25, 0.3) is 5.91 Å². The number of nitrogens with zero attached hydrogens (tertiary/aromatic N) is 1. The van der Waals surface area contributed by atoms with Crippen molar-refractivity contribution in [2.45, 2.75) is 6.92 Å². The fraction of sp³-hybridized carbons (Fsp3) is 0.294. The maximum atomic E-state index is 12.0. The third kappa shape index (κ3) is 5.10. The monoisotopic (exact) mass is 332 g/mol. The van der Waals surface area contributed by atoms with Crippen molar-refractivity contribution in [2.75, 3.05) is 26.7 Å². The Morgan fingerprint density at radius 2 is 2.00 bits per heavy atom. The lowest BCUT2D eigenvalue weighted by Crippen LogP contribution is -2.39. The van der Waals surface area contributed by atoms with Crippen LogP contribution in [0.5, 0.6) is 5.75 Å². The van der Waals surface area contributed by atoms with Crippen LogP contribution in [-0.4, -0.2) is 43.5 Å². The van der Waals surface area contributed by atoms with Gasteiger partial charge in [-0.25, -0.2) is 0 Å². The molecule has 2 rings (SSSR count). The highest BCUT2D eigenvalue weighted by Gasteiger charge is 2.12. The number of nitrogens with one attached hydrogen (secondary N) is 1. The molecule has 1 heterocycles. The molecular weight excluding hydrogens is 312 g/mol. The van der Waals surface area contributed by atoms with Crippen molar-refractivity contribution in [1.82, 2.24) is 10.2 Å². The van der Waals surface area contributed by atoms with Crippen LogP contribution in [0.25, 0.3) is 0 Å². The van der Waals surface area contributed by atoms with Crippen LogP contribution in [0.15, 0.2) is 41.8 Å². The van der Waals surface area contributed by atoms with Crippen LogP contribution in [0.1, 0.15) is 15.2 Å². The summed E-state index contributed by atoms with van der Waals surface area (Å²) in [6.07, 6.45) is 0. The maximum absolute atomic E-state index is 12.0. The predicted molar refractivity (Wildman–Crippen MR) is 91.0 cm³/mol. The molecular formula is C17H20N2O3S. The van der Waals surface area contributed by atoms with Gasteiger partial charge in [-0.2, -0.15) is 0 Å². The molecule has 0 aliphatic heterocycles. The Kier molecular flexibility index (Phi) is 6.17. The summed E-state index contributed by atoms with van der Waals surface area (Å²) in [5.74, 6) is 0.445. The third-order valence-electron chi connectivity index (χ3n) is 3.35. The number of benzene rings is 1. The fourth-order valence-electron chi connectivity index (χ4n) is 1.92. The normalized spacial score (nSPS) is 10.2. The number of rotatable bonds is 7. The molecule has 0 atom stereocenters. The largest absolute Gasteiger partial charge is 0.491 e. The molecule has 5 nitrogen and oxygen atoms in total. The van der Waals surface area contributed by atoms with Crippen LogP contribution in [0.4, 0.5) is 0 Å². The van der Waals surface area contributed by atoms with Gasteiger partial charge in [0, 0.05) is 7.05 Å². The van der Waals surface area contributed by atoms with Crippen molar-refractivity contribution in [3.05, 3.63) is 52.2 Å². The summed E-state index contributed by atoms with van der Waals surface area (Å²) < 4.78 is 5.66. The summed E-state index contributed by atoms with van der Waals surface area (Å²) >= 11 is 1.35. The van der Waals surface area contributed by atoms with Crippen LogP contribution < -0.4 is 10.1 Å². The van der Waals surface area contributed by atoms with Gasteiger partial charge in [0.05, 0.1) is 18.0 Å². The number of thiophene rings is 1. The average molecular weight is 332 g/mol. The Labute approximate surface area is 139 Å². The van der Waals surface area contributed by atoms with E-state index < -0.39 is 0 Å². The highest BCUT2D eigenvalue weighted by Crippen LogP contribution is 2.15. The van der Waals surface area contributed by atoms with E-state index in [1.165, 1.54) is 11.3 Å². The van der Waals surface area contributed by atoms with Crippen LogP contribution >= 0.6 is 11.3 Å². The second kappa shape index (κ2) is 8.33. The van der Waals surface area contributed by atoms with E-state index in [4.69, 9.17) is 4.74 Å². The molecule has 0 unspecified atom stereocenters. The molecule has 0 aliphatic carbocycles. The van der Waals surface area contributed by atoms with E-state index in [1.807, 2.05) is 36.6 Å². The Morgan fingerprint density at radius 3 is 2.70 bits per heavy atom. The molecule has 1 N–H and O–H groups in total. The number of hydrogen-bond acceptors (Lipinski definition) is 4. The van der Waals surface area contributed by atoms with E-state index in [-0.39, 0.29) is 18.4 Å². The van der Waals surface area contributed by atoms with Crippen molar-refractivity contribution in [1.29, 1.82) is 0 Å². The Bertz CT molecular complexity index is 656. The van der Waals surface area contributed by atoms with Crippen molar-refractivity contribution in [3.8, 4) is 5.75 Å². The van der Waals surface area contributed by atoms with Gasteiger partial charge in [-0.3, -0.25) is 9.59 Å². The first-order valence-electron chi connectivity index (χ1n) is 7.32. The molecule has 0 saturated carbocycles. The van der Waals surface area contributed by atoms with E-state index >= 15 is 0 Å². The molecule has 0 radical (unpaired) electrons. The first-order valence-corrected chi connectivity index (χ1v) is 8.20. The number of amides is 2. The van der Waals surface area contributed by atoms with Gasteiger partial charge >= 0.3 is 0 Å². The van der Waals surface area contributed by atoms with Crippen LogP contribution in [-0.2, 0) is 4.79 Å². The second-order valence-electron chi connectivity index (χ2n) is 5.09. The van der Waals surface area contributed by atoms with Crippen molar-refractivity contribution in [2.24, 2.45) is 0 Å². The predicted octanol–water partition coefficient (Wildman–Crippen LogP) is 2.32. The number of carbonyl (C=O) groups excluding carboxylic acids is 2. The molecule has 0 aliphatic rings. The molecule has 0 fully saturated rings. The molecule has 6 heteroatoms. The standard InChI is InChI=1S/C17H20N2O3S/c1-13-6-3-4-7-14(13)22-10-9-19(2)16(20)12-18-17(21)15-8-5-11-23-15/h3-8,11H,9-10,12H2,1-2H3,(H,18,21). The smallest absolute Gasteiger partial charge is 0.261 e. The van der Waals surface area contributed by atoms with Crippen molar-refractivity contribution < 1.29 is 14.3 Å². The summed E-state index contributed by atoms with van der Waals surface area (Å²) in [4.78, 5) is 25.9. The molecule has 2 aromatic rings. The molecule has 0 bridgehead atoms. The van der Waals surface area contributed by atoms with E-state index in [0.717, 1.165) is 11.3 Å². The van der Waals surface area contributed by atoms with Crippen LogP contribution in [0.2, 0.25) is 0 Å². The van der Waals surface area contributed by atoms with E-state index in [1.54, 1.807) is 24.1 Å². The number of ether oxygens (including phenoxy) is 1. The van der Waals surface area contributed by atoms with E-state index in [9.17, 15) is 9.59 Å². The van der Waals surface area contributed by atoms with Gasteiger partial charge in [-0.15, -0.1) is 11.3 Å². The summed E-state index contributed by atoms with van der Waals surface area (Å²) in [5.41, 5.74) is 1.06. The summed E-state index contributed by atoms with van der Waals surface area (Å²) in [6, 6.07) is 11.3. The Hall–Kier alpha value is -2.34. The maximum Gasteiger partial charge on any atom is 0.261 e. The molecule has 2 amide bonds. The number of likely N-dealkylation sites (N-methyl/N-ethyl adjacent to an activating group) is 1. The minimum Gasteiger partial charge on any atom is -0.491 e. The zero-order valence-corrected chi connectivity index (χ0v) is 14.1. The number of hydrogen-bond donors (Lipinski definition) is 1. The SMILES string of the molecule is Cc1ccccc1OCCN(C)C(=O)CNC(=O)c1cccs1. The van der Waals surface area contributed by atoms with Gasteiger partial charge < -0.3 is 15.0 Å². The van der Waals surface area contributed by atoms with Crippen LogP contribution in [0.3, 0.4) is 0 Å². The Morgan fingerprint density at radius 1 is 1.22 bits per heavy atom. The molecule has 122 valence electrons. The summed E-state index contributed by atoms with van der Waals surface area (Å²) in [6.45, 7) is 2.83. The van der Waals surface area contributed by atoms with Gasteiger partial charge in [-0.05, 0) is 30.0 Å².